The molecule has 102 valence electrons. The fourth-order valence-corrected chi connectivity index (χ4v) is 2.89. The number of fused-ring (bicyclic) bond motifs is 1. The molecule has 6 heteroatoms. The Kier molecular flexibility index (Phi) is 3.40. The van der Waals surface area contributed by atoms with Crippen LogP contribution in [0.4, 0.5) is 4.39 Å². The van der Waals surface area contributed by atoms with E-state index in [1.54, 1.807) is 0 Å². The summed E-state index contributed by atoms with van der Waals surface area (Å²) in [7, 11) is 0. The molecular formula is C14H11ClFN3S. The smallest absolute Gasteiger partial charge is 0.181 e. The van der Waals surface area contributed by atoms with E-state index in [2.05, 4.69) is 15.0 Å². The highest BCUT2D eigenvalue weighted by Crippen LogP contribution is 2.28. The minimum absolute atomic E-state index is 0.254. The Morgan fingerprint density at radius 1 is 1.25 bits per heavy atom. The molecule has 0 unspecified atom stereocenters. The van der Waals surface area contributed by atoms with Gasteiger partial charge in [-0.25, -0.2) is 19.3 Å². The van der Waals surface area contributed by atoms with Crippen molar-refractivity contribution >= 4 is 33.8 Å². The number of benzene rings is 1. The van der Waals surface area contributed by atoms with E-state index >= 15 is 0 Å². The Hall–Kier alpha value is -1.59. The molecule has 2 aromatic heterocycles. The van der Waals surface area contributed by atoms with Gasteiger partial charge in [-0.2, -0.15) is 0 Å². The van der Waals surface area contributed by atoms with E-state index in [1.807, 2.05) is 19.2 Å². The molecule has 0 aliphatic carbocycles. The van der Waals surface area contributed by atoms with E-state index in [0.717, 1.165) is 10.6 Å². The summed E-state index contributed by atoms with van der Waals surface area (Å²) in [6, 6.07) is 2.86. The Labute approximate surface area is 124 Å². The summed E-state index contributed by atoms with van der Waals surface area (Å²) in [4.78, 5) is 13.1. The largest absolute Gasteiger partial charge is 0.238 e. The molecule has 0 radical (unpaired) electrons. The lowest BCUT2D eigenvalue weighted by Gasteiger charge is -2.07. The summed E-state index contributed by atoms with van der Waals surface area (Å²) in [6.45, 7) is 3.88. The highest BCUT2D eigenvalue weighted by atomic mass is 35.5. The molecule has 0 saturated carbocycles. The number of hydrogen-bond acceptors (Lipinski definition) is 4. The minimum Gasteiger partial charge on any atom is -0.238 e. The maximum atomic E-state index is 13.6. The first kappa shape index (κ1) is 13.4. The number of aryl methyl sites for hydroxylation is 2. The summed E-state index contributed by atoms with van der Waals surface area (Å²) < 4.78 is 13.6. The van der Waals surface area contributed by atoms with Crippen LogP contribution < -0.4 is 0 Å². The van der Waals surface area contributed by atoms with Crippen LogP contribution in [-0.4, -0.2) is 15.0 Å². The van der Waals surface area contributed by atoms with Crippen molar-refractivity contribution in [2.75, 3.05) is 0 Å². The lowest BCUT2D eigenvalue weighted by atomic mass is 10.1. The number of rotatable bonds is 2. The third-order valence-corrected chi connectivity index (χ3v) is 4.09. The molecule has 3 nitrogen and oxygen atoms in total. The first-order chi connectivity index (χ1) is 9.58. The second-order valence-electron chi connectivity index (χ2n) is 4.40. The molecule has 0 spiro atoms. The highest BCUT2D eigenvalue weighted by molar-refractivity contribution is 7.09. The predicted octanol–water partition coefficient (Wildman–Crippen LogP) is 4.42. The van der Waals surface area contributed by atoms with Crippen LogP contribution in [0, 0.1) is 12.7 Å². The van der Waals surface area contributed by atoms with E-state index < -0.39 is 0 Å². The van der Waals surface area contributed by atoms with Crippen molar-refractivity contribution < 1.29 is 4.39 Å². The average molecular weight is 308 g/mol. The molecule has 0 bridgehead atoms. The number of thiazole rings is 1. The van der Waals surface area contributed by atoms with Crippen LogP contribution >= 0.6 is 22.9 Å². The molecule has 0 fully saturated rings. The molecule has 0 saturated heterocycles. The zero-order valence-corrected chi connectivity index (χ0v) is 12.5. The van der Waals surface area contributed by atoms with Crippen LogP contribution in [0.15, 0.2) is 17.5 Å². The first-order valence-corrected chi connectivity index (χ1v) is 7.42. The Morgan fingerprint density at radius 3 is 2.70 bits per heavy atom. The second-order valence-corrected chi connectivity index (χ2v) is 5.82. The standard InChI is InChI=1S/C14H11ClFN3S/c1-3-8-4-9(16)5-10-12(8)18-14(19-13(10)15)11-6-20-7(2)17-11/h4-6H,3H2,1-2H3. The Bertz CT molecular complexity index is 800. The van der Waals surface area contributed by atoms with Gasteiger partial charge in [0.2, 0.25) is 0 Å². The van der Waals surface area contributed by atoms with Gasteiger partial charge in [0.05, 0.1) is 10.5 Å². The van der Waals surface area contributed by atoms with Gasteiger partial charge in [0.25, 0.3) is 0 Å². The minimum atomic E-state index is -0.322. The molecule has 0 amide bonds. The van der Waals surface area contributed by atoms with Crippen LogP contribution in [0.1, 0.15) is 17.5 Å². The van der Waals surface area contributed by atoms with Crippen molar-refractivity contribution in [1.29, 1.82) is 0 Å². The second kappa shape index (κ2) is 5.07. The van der Waals surface area contributed by atoms with Crippen LogP contribution in [0.5, 0.6) is 0 Å². The normalized spacial score (nSPS) is 11.2. The van der Waals surface area contributed by atoms with E-state index in [1.165, 1.54) is 23.5 Å². The third-order valence-electron chi connectivity index (χ3n) is 3.03. The molecule has 0 atom stereocenters. The number of aromatic nitrogens is 3. The molecule has 0 N–H and O–H groups in total. The fourth-order valence-electron chi connectivity index (χ4n) is 2.08. The van der Waals surface area contributed by atoms with Gasteiger partial charge in [-0.15, -0.1) is 11.3 Å². The van der Waals surface area contributed by atoms with Crippen LogP contribution in [0.2, 0.25) is 5.15 Å². The van der Waals surface area contributed by atoms with E-state index in [-0.39, 0.29) is 11.0 Å². The van der Waals surface area contributed by atoms with Gasteiger partial charge < -0.3 is 0 Å². The zero-order valence-electron chi connectivity index (χ0n) is 10.9. The van der Waals surface area contributed by atoms with Crippen LogP contribution in [-0.2, 0) is 6.42 Å². The Balaban J connectivity index is 2.30. The lowest BCUT2D eigenvalue weighted by molar-refractivity contribution is 0.627. The zero-order chi connectivity index (χ0) is 14.3. The molecule has 0 aliphatic heterocycles. The van der Waals surface area contributed by atoms with Gasteiger partial charge in [0, 0.05) is 10.8 Å². The summed E-state index contributed by atoms with van der Waals surface area (Å²) in [5, 5.41) is 3.63. The van der Waals surface area contributed by atoms with Gasteiger partial charge in [-0.3, -0.25) is 0 Å². The van der Waals surface area contributed by atoms with Crippen molar-refractivity contribution in [2.45, 2.75) is 20.3 Å². The van der Waals surface area contributed by atoms with Crippen molar-refractivity contribution in [1.82, 2.24) is 15.0 Å². The van der Waals surface area contributed by atoms with Crippen LogP contribution in [0.25, 0.3) is 22.4 Å². The topological polar surface area (TPSA) is 38.7 Å². The van der Waals surface area contributed by atoms with Crippen molar-refractivity contribution in [3.05, 3.63) is 39.1 Å². The number of hydrogen-bond donors (Lipinski definition) is 0. The van der Waals surface area contributed by atoms with Crippen LogP contribution in [0.3, 0.4) is 0 Å². The molecule has 3 rings (SSSR count). The summed E-state index contributed by atoms with van der Waals surface area (Å²) in [6.07, 6.45) is 0.678. The summed E-state index contributed by atoms with van der Waals surface area (Å²) in [5.41, 5.74) is 2.20. The van der Waals surface area contributed by atoms with Gasteiger partial charge in [-0.05, 0) is 31.0 Å². The first-order valence-electron chi connectivity index (χ1n) is 6.16. The molecule has 0 aliphatic rings. The van der Waals surface area contributed by atoms with E-state index in [0.29, 0.717) is 28.8 Å². The molecule has 2 heterocycles. The fraction of sp³-hybridized carbons (Fsp3) is 0.214. The molecule has 1 aromatic carbocycles. The van der Waals surface area contributed by atoms with Gasteiger partial charge >= 0.3 is 0 Å². The molecule has 3 aromatic rings. The highest BCUT2D eigenvalue weighted by Gasteiger charge is 2.13. The van der Waals surface area contributed by atoms with E-state index in [4.69, 9.17) is 11.6 Å². The lowest BCUT2D eigenvalue weighted by Crippen LogP contribution is -1.96. The summed E-state index contributed by atoms with van der Waals surface area (Å²) in [5.74, 6) is 0.158. The quantitative estimate of drug-likeness (QED) is 0.658. The molecule has 20 heavy (non-hydrogen) atoms. The van der Waals surface area contributed by atoms with Gasteiger partial charge in [0.1, 0.15) is 16.7 Å². The van der Waals surface area contributed by atoms with Gasteiger partial charge in [0.15, 0.2) is 5.82 Å². The predicted molar refractivity (Wildman–Crippen MR) is 79.7 cm³/mol. The van der Waals surface area contributed by atoms with Gasteiger partial charge in [-0.1, -0.05) is 18.5 Å². The van der Waals surface area contributed by atoms with Crippen molar-refractivity contribution in [2.24, 2.45) is 0 Å². The van der Waals surface area contributed by atoms with E-state index in [9.17, 15) is 4.39 Å². The number of halogens is 2. The van der Waals surface area contributed by atoms with Crippen molar-refractivity contribution in [3.63, 3.8) is 0 Å². The van der Waals surface area contributed by atoms with Crippen molar-refractivity contribution in [3.8, 4) is 11.5 Å². The average Bonchev–Trinajstić information content (AvgIpc) is 2.85. The Morgan fingerprint density at radius 2 is 2.05 bits per heavy atom. The summed E-state index contributed by atoms with van der Waals surface area (Å²) >= 11 is 7.71. The third kappa shape index (κ3) is 2.27. The maximum Gasteiger partial charge on any atom is 0.181 e. The monoisotopic (exact) mass is 307 g/mol. The maximum absolute atomic E-state index is 13.6. The molecular weight excluding hydrogens is 297 g/mol. The number of nitrogens with zero attached hydrogens (tertiary/aromatic N) is 3. The SMILES string of the molecule is CCc1cc(F)cc2c(Cl)nc(-c3csc(C)n3)nc12.